The number of hydrogen-bond acceptors (Lipinski definition) is 6. The summed E-state index contributed by atoms with van der Waals surface area (Å²) >= 11 is 3.06. The Labute approximate surface area is 168 Å². The molecule has 0 fully saturated rings. The monoisotopic (exact) mass is 425 g/mol. The number of carbonyl (C=O) groups is 1. The number of thiophene rings is 1. The van der Waals surface area contributed by atoms with Crippen LogP contribution < -0.4 is 10.1 Å². The average molecular weight is 426 g/mol. The van der Waals surface area contributed by atoms with Crippen LogP contribution in [0.2, 0.25) is 0 Å². The molecule has 9 heteroatoms. The van der Waals surface area contributed by atoms with Gasteiger partial charge in [0.2, 0.25) is 10.0 Å². The summed E-state index contributed by atoms with van der Waals surface area (Å²) in [6.07, 6.45) is 3.84. The van der Waals surface area contributed by atoms with Crippen molar-refractivity contribution in [3.8, 4) is 0 Å². The van der Waals surface area contributed by atoms with Gasteiger partial charge in [-0.1, -0.05) is 17.7 Å². The molecule has 0 aliphatic rings. The second kappa shape index (κ2) is 10.0. The van der Waals surface area contributed by atoms with Gasteiger partial charge in [-0.3, -0.25) is 4.79 Å². The number of rotatable bonds is 9. The van der Waals surface area contributed by atoms with Crippen LogP contribution in [-0.4, -0.2) is 38.6 Å². The zero-order chi connectivity index (χ0) is 19.9. The van der Waals surface area contributed by atoms with Crippen LogP contribution in [0.3, 0.4) is 0 Å². The van der Waals surface area contributed by atoms with Gasteiger partial charge in [0.1, 0.15) is 6.04 Å². The normalized spacial score (nSPS) is 13.0. The van der Waals surface area contributed by atoms with Crippen molar-refractivity contribution in [3.05, 3.63) is 51.7 Å². The molecule has 1 atom stereocenters. The van der Waals surface area contributed by atoms with Crippen molar-refractivity contribution in [2.24, 2.45) is 5.10 Å². The quantitative estimate of drug-likeness (QED) is 0.478. The molecule has 2 rings (SSSR count). The van der Waals surface area contributed by atoms with Gasteiger partial charge in [-0.15, -0.1) is 11.3 Å². The van der Waals surface area contributed by atoms with Crippen molar-refractivity contribution < 1.29 is 13.2 Å². The highest BCUT2D eigenvalue weighted by atomic mass is 32.2. The van der Waals surface area contributed by atoms with E-state index in [4.69, 9.17) is 0 Å². The SMILES string of the molecule is CSCC[C@H](NS(=O)(=O)c1ccc(C)cc1)C(=O)N/N=C/c1sccc1C. The number of aryl methyl sites for hydroxylation is 2. The number of nitrogens with one attached hydrogen (secondary N) is 2. The lowest BCUT2D eigenvalue weighted by Crippen LogP contribution is -2.45. The van der Waals surface area contributed by atoms with Crippen molar-refractivity contribution in [2.75, 3.05) is 12.0 Å². The Balaban J connectivity index is 2.09. The first kappa shape index (κ1) is 21.6. The first-order valence-electron chi connectivity index (χ1n) is 8.28. The van der Waals surface area contributed by atoms with Gasteiger partial charge in [-0.25, -0.2) is 13.8 Å². The molecule has 1 amide bonds. The van der Waals surface area contributed by atoms with Gasteiger partial charge in [0.05, 0.1) is 11.1 Å². The first-order chi connectivity index (χ1) is 12.8. The lowest BCUT2D eigenvalue weighted by molar-refractivity contribution is -0.122. The van der Waals surface area contributed by atoms with Gasteiger partial charge in [0, 0.05) is 4.88 Å². The Hall–Kier alpha value is -1.68. The molecule has 0 radical (unpaired) electrons. The Morgan fingerprint density at radius 1 is 1.26 bits per heavy atom. The maximum absolute atomic E-state index is 12.6. The van der Waals surface area contributed by atoms with Crippen molar-refractivity contribution >= 4 is 45.2 Å². The maximum atomic E-state index is 12.6. The molecule has 1 aromatic carbocycles. The molecule has 0 saturated heterocycles. The molecule has 27 heavy (non-hydrogen) atoms. The van der Waals surface area contributed by atoms with E-state index in [0.717, 1.165) is 16.0 Å². The summed E-state index contributed by atoms with van der Waals surface area (Å²) in [5.74, 6) is 0.160. The van der Waals surface area contributed by atoms with Crippen molar-refractivity contribution in [2.45, 2.75) is 31.2 Å². The highest BCUT2D eigenvalue weighted by Crippen LogP contribution is 2.13. The second-order valence-corrected chi connectivity index (χ2v) is 9.62. The van der Waals surface area contributed by atoms with Crippen LogP contribution in [0, 0.1) is 13.8 Å². The van der Waals surface area contributed by atoms with Gasteiger partial charge >= 0.3 is 0 Å². The summed E-state index contributed by atoms with van der Waals surface area (Å²) in [4.78, 5) is 13.5. The molecule has 0 spiro atoms. The predicted molar refractivity (Wildman–Crippen MR) is 113 cm³/mol. The lowest BCUT2D eigenvalue weighted by Gasteiger charge is -2.17. The summed E-state index contributed by atoms with van der Waals surface area (Å²) in [7, 11) is -3.80. The smallest absolute Gasteiger partial charge is 0.258 e. The minimum absolute atomic E-state index is 0.132. The third kappa shape index (κ3) is 6.46. The van der Waals surface area contributed by atoms with Crippen molar-refractivity contribution in [1.82, 2.24) is 10.1 Å². The minimum Gasteiger partial charge on any atom is -0.271 e. The standard InChI is InChI=1S/C18H23N3O3S3/c1-13-4-6-15(7-5-13)27(23,24)21-16(9-10-25-3)18(22)20-19-12-17-14(2)8-11-26-17/h4-8,11-12,16,21H,9-10H2,1-3H3,(H,20,22)/b19-12+/t16-/m0/s1. The fourth-order valence-corrected chi connectivity index (χ4v) is 4.69. The average Bonchev–Trinajstić information content (AvgIpc) is 3.04. The summed E-state index contributed by atoms with van der Waals surface area (Å²) in [5, 5.41) is 5.90. The molecule has 6 nitrogen and oxygen atoms in total. The third-order valence-corrected chi connectivity index (χ3v) is 6.90. The molecule has 0 unspecified atom stereocenters. The summed E-state index contributed by atoms with van der Waals surface area (Å²) in [6, 6.07) is 7.56. The van der Waals surface area contributed by atoms with E-state index in [1.54, 1.807) is 30.1 Å². The molecule has 1 heterocycles. The van der Waals surface area contributed by atoms with Crippen LogP contribution in [0.15, 0.2) is 45.7 Å². The van der Waals surface area contributed by atoms with E-state index in [-0.39, 0.29) is 4.90 Å². The highest BCUT2D eigenvalue weighted by molar-refractivity contribution is 7.98. The van der Waals surface area contributed by atoms with Gasteiger partial charge in [-0.05, 0) is 61.4 Å². The van der Waals surface area contributed by atoms with Crippen LogP contribution in [-0.2, 0) is 14.8 Å². The second-order valence-electron chi connectivity index (χ2n) is 5.97. The third-order valence-electron chi connectivity index (χ3n) is 3.81. The van der Waals surface area contributed by atoms with Crippen LogP contribution in [0.4, 0.5) is 0 Å². The van der Waals surface area contributed by atoms with Crippen molar-refractivity contribution in [1.29, 1.82) is 0 Å². The number of hydrazone groups is 1. The number of benzene rings is 1. The van der Waals surface area contributed by atoms with Gasteiger partial charge < -0.3 is 0 Å². The molecule has 0 saturated carbocycles. The maximum Gasteiger partial charge on any atom is 0.258 e. The lowest BCUT2D eigenvalue weighted by atomic mass is 10.2. The molecular weight excluding hydrogens is 402 g/mol. The van der Waals surface area contributed by atoms with Crippen LogP contribution >= 0.6 is 23.1 Å². The Kier molecular flexibility index (Phi) is 8.03. The first-order valence-corrected chi connectivity index (χ1v) is 12.0. The topological polar surface area (TPSA) is 87.6 Å². The molecular formula is C18H23N3O3S3. The predicted octanol–water partition coefficient (Wildman–Crippen LogP) is 2.92. The van der Waals surface area contributed by atoms with E-state index in [1.165, 1.54) is 23.5 Å². The zero-order valence-electron chi connectivity index (χ0n) is 15.4. The summed E-state index contributed by atoms with van der Waals surface area (Å²) in [5.41, 5.74) is 4.47. The van der Waals surface area contributed by atoms with E-state index in [0.29, 0.717) is 12.2 Å². The summed E-state index contributed by atoms with van der Waals surface area (Å²) < 4.78 is 27.7. The number of sulfonamides is 1. The molecule has 1 aromatic heterocycles. The van der Waals surface area contributed by atoms with E-state index in [9.17, 15) is 13.2 Å². The van der Waals surface area contributed by atoms with Gasteiger partial charge in [-0.2, -0.15) is 21.6 Å². The van der Waals surface area contributed by atoms with Crippen LogP contribution in [0.5, 0.6) is 0 Å². The minimum atomic E-state index is -3.80. The molecule has 2 N–H and O–H groups in total. The van der Waals surface area contributed by atoms with Gasteiger partial charge in [0.25, 0.3) is 5.91 Å². The van der Waals surface area contributed by atoms with E-state index in [1.807, 2.05) is 31.5 Å². The Morgan fingerprint density at radius 3 is 2.56 bits per heavy atom. The molecule has 0 aliphatic heterocycles. The molecule has 2 aromatic rings. The molecule has 146 valence electrons. The number of nitrogens with zero attached hydrogens (tertiary/aromatic N) is 1. The van der Waals surface area contributed by atoms with Gasteiger partial charge in [0.15, 0.2) is 0 Å². The largest absolute Gasteiger partial charge is 0.271 e. The number of amides is 1. The van der Waals surface area contributed by atoms with E-state index < -0.39 is 22.0 Å². The number of thioether (sulfide) groups is 1. The van der Waals surface area contributed by atoms with Crippen LogP contribution in [0.1, 0.15) is 22.4 Å². The fourth-order valence-electron chi connectivity index (χ4n) is 2.20. The van der Waals surface area contributed by atoms with E-state index >= 15 is 0 Å². The molecule has 0 aliphatic carbocycles. The Morgan fingerprint density at radius 2 is 1.96 bits per heavy atom. The molecule has 0 bridgehead atoms. The van der Waals surface area contributed by atoms with Crippen molar-refractivity contribution in [3.63, 3.8) is 0 Å². The fraction of sp³-hybridized carbons (Fsp3) is 0.333. The number of carbonyl (C=O) groups excluding carboxylic acids is 1. The summed E-state index contributed by atoms with van der Waals surface area (Å²) in [6.45, 7) is 3.84. The zero-order valence-corrected chi connectivity index (χ0v) is 17.9. The van der Waals surface area contributed by atoms with Crippen LogP contribution in [0.25, 0.3) is 0 Å². The Bertz CT molecular complexity index is 890. The van der Waals surface area contributed by atoms with E-state index in [2.05, 4.69) is 15.2 Å². The highest BCUT2D eigenvalue weighted by Gasteiger charge is 2.25. The number of hydrogen-bond donors (Lipinski definition) is 2.